The van der Waals surface area contributed by atoms with Gasteiger partial charge in [-0.1, -0.05) is 78.9 Å². The molecule has 1 saturated heterocycles. The number of aromatic nitrogens is 1. The Morgan fingerprint density at radius 1 is 0.818 bits per heavy atom. The molecule has 6 rings (SSSR count). The second-order valence-electron chi connectivity index (χ2n) is 9.37. The van der Waals surface area contributed by atoms with Gasteiger partial charge in [-0.15, -0.1) is 11.3 Å². The number of thiazole rings is 1. The molecule has 0 unspecified atom stereocenters. The van der Waals surface area contributed by atoms with Crippen molar-refractivity contribution < 1.29 is 0 Å². The van der Waals surface area contributed by atoms with Gasteiger partial charge in [0.15, 0.2) is 0 Å². The quantitative estimate of drug-likeness (QED) is 0.293. The SMILES string of the molecule is Cc1ccccc1P(c1ccccc1C)N1[C@H]2CC[C@H](C2)[C@@H]1c1nc(-c2ccccc2)cs1. The monoisotopic (exact) mass is 468 g/mol. The van der Waals surface area contributed by atoms with Gasteiger partial charge < -0.3 is 0 Å². The van der Waals surface area contributed by atoms with E-state index in [1.54, 1.807) is 0 Å². The summed E-state index contributed by atoms with van der Waals surface area (Å²) in [6.45, 7) is 4.56. The largest absolute Gasteiger partial charge is 0.262 e. The molecule has 33 heavy (non-hydrogen) atoms. The van der Waals surface area contributed by atoms with Crippen molar-refractivity contribution >= 4 is 30.0 Å². The van der Waals surface area contributed by atoms with Gasteiger partial charge in [-0.05, 0) is 60.8 Å². The van der Waals surface area contributed by atoms with Gasteiger partial charge in [0.2, 0.25) is 0 Å². The zero-order valence-corrected chi connectivity index (χ0v) is 20.9. The van der Waals surface area contributed by atoms with Crippen molar-refractivity contribution in [1.82, 2.24) is 9.65 Å². The van der Waals surface area contributed by atoms with Crippen molar-refractivity contribution in [1.29, 1.82) is 0 Å². The molecule has 0 spiro atoms. The van der Waals surface area contributed by atoms with Crippen molar-refractivity contribution in [3.63, 3.8) is 0 Å². The number of rotatable bonds is 5. The zero-order valence-electron chi connectivity index (χ0n) is 19.2. The highest BCUT2D eigenvalue weighted by Crippen LogP contribution is 2.60. The summed E-state index contributed by atoms with van der Waals surface area (Å²) in [7, 11) is -0.616. The molecule has 2 heterocycles. The molecule has 1 aliphatic heterocycles. The van der Waals surface area contributed by atoms with Gasteiger partial charge in [-0.3, -0.25) is 4.67 Å². The number of benzene rings is 3. The minimum absolute atomic E-state index is 0.413. The Balaban J connectivity index is 1.47. The van der Waals surface area contributed by atoms with Crippen molar-refractivity contribution in [3.05, 3.63) is 100 Å². The zero-order chi connectivity index (χ0) is 22.4. The van der Waals surface area contributed by atoms with Crippen molar-refractivity contribution in [2.45, 2.75) is 45.2 Å². The molecule has 2 fully saturated rings. The van der Waals surface area contributed by atoms with Gasteiger partial charge in [-0.2, -0.15) is 0 Å². The number of aryl methyl sites for hydroxylation is 2. The molecule has 1 aromatic heterocycles. The molecule has 0 radical (unpaired) electrons. The van der Waals surface area contributed by atoms with Gasteiger partial charge in [0, 0.05) is 25.1 Å². The number of hydrogen-bond donors (Lipinski definition) is 0. The van der Waals surface area contributed by atoms with Gasteiger partial charge in [-0.25, -0.2) is 4.98 Å². The van der Waals surface area contributed by atoms with Crippen LogP contribution in [0.5, 0.6) is 0 Å². The van der Waals surface area contributed by atoms with E-state index in [-0.39, 0.29) is 0 Å². The molecule has 166 valence electrons. The third kappa shape index (κ3) is 3.77. The maximum absolute atomic E-state index is 5.23. The normalized spacial score (nSPS) is 22.3. The fourth-order valence-electron chi connectivity index (χ4n) is 5.71. The van der Waals surface area contributed by atoms with Crippen LogP contribution in [0.25, 0.3) is 11.3 Å². The van der Waals surface area contributed by atoms with E-state index in [2.05, 4.69) is 103 Å². The topological polar surface area (TPSA) is 16.1 Å². The first kappa shape index (κ1) is 21.2. The van der Waals surface area contributed by atoms with E-state index in [4.69, 9.17) is 4.98 Å². The molecule has 4 heteroatoms. The van der Waals surface area contributed by atoms with Crippen LogP contribution < -0.4 is 10.6 Å². The number of hydrogen-bond acceptors (Lipinski definition) is 3. The summed E-state index contributed by atoms with van der Waals surface area (Å²) in [4.78, 5) is 5.23. The lowest BCUT2D eigenvalue weighted by molar-refractivity contribution is 0.261. The predicted molar refractivity (Wildman–Crippen MR) is 142 cm³/mol. The second kappa shape index (κ2) is 8.80. The maximum Gasteiger partial charge on any atom is 0.111 e. The summed E-state index contributed by atoms with van der Waals surface area (Å²) >= 11 is 1.86. The molecule has 4 aromatic rings. The highest BCUT2D eigenvalue weighted by Gasteiger charge is 2.51. The number of piperidine rings is 1. The van der Waals surface area contributed by atoms with E-state index in [0.717, 1.165) is 5.69 Å². The van der Waals surface area contributed by atoms with E-state index in [0.29, 0.717) is 18.0 Å². The Morgan fingerprint density at radius 2 is 1.45 bits per heavy atom. The van der Waals surface area contributed by atoms with Crippen molar-refractivity contribution in [2.75, 3.05) is 0 Å². The van der Waals surface area contributed by atoms with E-state index in [1.807, 2.05) is 11.3 Å². The lowest BCUT2D eigenvalue weighted by Crippen LogP contribution is -2.38. The second-order valence-corrected chi connectivity index (χ2v) is 12.3. The van der Waals surface area contributed by atoms with Crippen LogP contribution >= 0.6 is 19.4 Å². The first-order valence-corrected chi connectivity index (χ1v) is 14.1. The van der Waals surface area contributed by atoms with Gasteiger partial charge in [0.05, 0.1) is 11.7 Å². The summed E-state index contributed by atoms with van der Waals surface area (Å²) < 4.78 is 2.90. The summed E-state index contributed by atoms with van der Waals surface area (Å²) in [5, 5.41) is 6.56. The van der Waals surface area contributed by atoms with E-state index < -0.39 is 8.07 Å². The Labute approximate surface area is 202 Å². The van der Waals surface area contributed by atoms with Crippen LogP contribution in [-0.2, 0) is 0 Å². The first-order chi connectivity index (χ1) is 16.2. The average molecular weight is 469 g/mol. The first-order valence-electron chi connectivity index (χ1n) is 11.9. The molecule has 2 aliphatic rings. The lowest BCUT2D eigenvalue weighted by atomic mass is 10.0. The molecule has 1 saturated carbocycles. The van der Waals surface area contributed by atoms with Crippen LogP contribution in [0.4, 0.5) is 0 Å². The lowest BCUT2D eigenvalue weighted by Gasteiger charge is -2.41. The highest BCUT2D eigenvalue weighted by atomic mass is 32.1. The average Bonchev–Trinajstić information content (AvgIpc) is 3.59. The van der Waals surface area contributed by atoms with E-state index >= 15 is 0 Å². The molecule has 3 atom stereocenters. The third-order valence-electron chi connectivity index (χ3n) is 7.31. The molecule has 1 aliphatic carbocycles. The smallest absolute Gasteiger partial charge is 0.111 e. The molecule has 2 bridgehead atoms. The Bertz CT molecular complexity index is 1220. The number of fused-ring (bicyclic) bond motifs is 2. The summed E-state index contributed by atoms with van der Waals surface area (Å²) in [6.07, 6.45) is 3.95. The van der Waals surface area contributed by atoms with Crippen LogP contribution in [0.15, 0.2) is 84.2 Å². The summed E-state index contributed by atoms with van der Waals surface area (Å²) in [6, 6.07) is 29.8. The van der Waals surface area contributed by atoms with Gasteiger partial charge >= 0.3 is 0 Å². The summed E-state index contributed by atoms with van der Waals surface area (Å²) in [5.74, 6) is 0.711. The van der Waals surface area contributed by atoms with Crippen molar-refractivity contribution in [2.24, 2.45) is 5.92 Å². The molecular weight excluding hydrogens is 439 g/mol. The Morgan fingerprint density at radius 3 is 2.12 bits per heavy atom. The van der Waals surface area contributed by atoms with Crippen LogP contribution in [0.3, 0.4) is 0 Å². The van der Waals surface area contributed by atoms with Crippen LogP contribution in [-0.4, -0.2) is 15.7 Å². The molecule has 0 N–H and O–H groups in total. The molecule has 2 nitrogen and oxygen atoms in total. The number of nitrogens with zero attached hydrogens (tertiary/aromatic N) is 2. The molecular formula is C29H29N2PS. The van der Waals surface area contributed by atoms with E-state index in [1.165, 1.54) is 51.6 Å². The molecule has 3 aromatic carbocycles. The van der Waals surface area contributed by atoms with Crippen LogP contribution in [0.2, 0.25) is 0 Å². The van der Waals surface area contributed by atoms with Gasteiger partial charge in [0.1, 0.15) is 5.01 Å². The maximum atomic E-state index is 5.23. The van der Waals surface area contributed by atoms with Gasteiger partial charge in [0.25, 0.3) is 0 Å². The Hall–Kier alpha value is -2.32. The predicted octanol–water partition coefficient (Wildman–Crippen LogP) is 7.00. The van der Waals surface area contributed by atoms with Crippen molar-refractivity contribution in [3.8, 4) is 11.3 Å². The third-order valence-corrected chi connectivity index (χ3v) is 11.2. The molecule has 0 amide bonds. The van der Waals surface area contributed by atoms with Crippen LogP contribution in [0.1, 0.15) is 41.4 Å². The minimum atomic E-state index is -0.616. The highest BCUT2D eigenvalue weighted by molar-refractivity contribution is 7.71. The fraction of sp³-hybridized carbons (Fsp3) is 0.276. The van der Waals surface area contributed by atoms with Crippen LogP contribution in [0, 0.1) is 19.8 Å². The minimum Gasteiger partial charge on any atom is -0.262 e. The standard InChI is InChI=1S/C29H29N2PS/c1-20-10-6-8-14-26(20)32(27-15-9-7-11-21(27)2)31-24-17-16-23(18-24)28(31)29-30-25(19-33-29)22-12-4-3-5-13-22/h3-15,19,23-24,28H,16-18H2,1-2H3/t23-,24+,28-/m1/s1. The summed E-state index contributed by atoms with van der Waals surface area (Å²) in [5.41, 5.74) is 5.14. The Kier molecular flexibility index (Phi) is 5.66. The fourth-order valence-corrected chi connectivity index (χ4v) is 9.92. The van der Waals surface area contributed by atoms with E-state index in [9.17, 15) is 0 Å².